The standard InChI is InChI=1S/C19H18FN3O2/c20-15-6-7-16-14(11-22-17(16)10-15)8-9-21-18(24)12-23-19(25)13-4-2-1-3-5-13/h1-7,10-11,22H,8-9,12H2,(H,21,24)(H,23,25). The van der Waals surface area contributed by atoms with Crippen molar-refractivity contribution < 1.29 is 14.0 Å². The van der Waals surface area contributed by atoms with Crippen LogP contribution in [0, 0.1) is 5.82 Å². The number of aromatic amines is 1. The number of aromatic nitrogens is 1. The Morgan fingerprint density at radius 2 is 1.84 bits per heavy atom. The molecule has 2 amide bonds. The van der Waals surface area contributed by atoms with E-state index in [1.807, 2.05) is 12.3 Å². The molecule has 3 aromatic rings. The van der Waals surface area contributed by atoms with Gasteiger partial charge in [-0.2, -0.15) is 0 Å². The van der Waals surface area contributed by atoms with Gasteiger partial charge in [0.2, 0.25) is 5.91 Å². The maximum atomic E-state index is 13.2. The van der Waals surface area contributed by atoms with Crippen LogP contribution < -0.4 is 10.6 Å². The normalized spacial score (nSPS) is 10.6. The maximum absolute atomic E-state index is 13.2. The van der Waals surface area contributed by atoms with Gasteiger partial charge in [0.1, 0.15) is 5.82 Å². The van der Waals surface area contributed by atoms with Crippen molar-refractivity contribution in [3.63, 3.8) is 0 Å². The van der Waals surface area contributed by atoms with Crippen LogP contribution >= 0.6 is 0 Å². The molecule has 3 rings (SSSR count). The molecule has 0 saturated heterocycles. The second-order valence-electron chi connectivity index (χ2n) is 5.65. The zero-order valence-electron chi connectivity index (χ0n) is 13.5. The van der Waals surface area contributed by atoms with E-state index in [4.69, 9.17) is 0 Å². The lowest BCUT2D eigenvalue weighted by atomic mass is 10.1. The van der Waals surface area contributed by atoms with Crippen molar-refractivity contribution in [3.8, 4) is 0 Å². The molecule has 1 aromatic heterocycles. The summed E-state index contributed by atoms with van der Waals surface area (Å²) in [4.78, 5) is 26.7. The molecular formula is C19H18FN3O2. The fraction of sp³-hybridized carbons (Fsp3) is 0.158. The fourth-order valence-corrected chi connectivity index (χ4v) is 2.62. The van der Waals surface area contributed by atoms with Crippen molar-refractivity contribution in [2.45, 2.75) is 6.42 Å². The minimum absolute atomic E-state index is 0.0766. The second kappa shape index (κ2) is 7.61. The molecule has 6 heteroatoms. The molecule has 0 unspecified atom stereocenters. The molecule has 0 spiro atoms. The molecule has 25 heavy (non-hydrogen) atoms. The Kier molecular flexibility index (Phi) is 5.09. The smallest absolute Gasteiger partial charge is 0.251 e. The van der Waals surface area contributed by atoms with Gasteiger partial charge in [-0.3, -0.25) is 9.59 Å². The Morgan fingerprint density at radius 1 is 1.04 bits per heavy atom. The number of fused-ring (bicyclic) bond motifs is 1. The van der Waals surface area contributed by atoms with E-state index in [9.17, 15) is 14.0 Å². The largest absolute Gasteiger partial charge is 0.361 e. The van der Waals surface area contributed by atoms with Gasteiger partial charge < -0.3 is 15.6 Å². The summed E-state index contributed by atoms with van der Waals surface area (Å²) in [6.07, 6.45) is 2.43. The molecule has 0 bridgehead atoms. The number of halogens is 1. The number of benzene rings is 2. The Hall–Kier alpha value is -3.15. The molecule has 0 fully saturated rings. The highest BCUT2D eigenvalue weighted by atomic mass is 19.1. The molecule has 0 saturated carbocycles. The van der Waals surface area contributed by atoms with E-state index in [2.05, 4.69) is 15.6 Å². The van der Waals surface area contributed by atoms with Gasteiger partial charge in [-0.1, -0.05) is 18.2 Å². The second-order valence-corrected chi connectivity index (χ2v) is 5.65. The molecular weight excluding hydrogens is 321 g/mol. The molecule has 0 aliphatic heterocycles. The predicted molar refractivity (Wildman–Crippen MR) is 93.7 cm³/mol. The molecule has 3 N–H and O–H groups in total. The summed E-state index contributed by atoms with van der Waals surface area (Å²) in [5.41, 5.74) is 2.25. The predicted octanol–water partition coefficient (Wildman–Crippen LogP) is 2.40. The van der Waals surface area contributed by atoms with Crippen molar-refractivity contribution in [2.75, 3.05) is 13.1 Å². The third kappa shape index (κ3) is 4.23. The summed E-state index contributed by atoms with van der Waals surface area (Å²) >= 11 is 0. The number of H-pyrrole nitrogens is 1. The highest BCUT2D eigenvalue weighted by Crippen LogP contribution is 2.19. The van der Waals surface area contributed by atoms with Crippen LogP contribution in [-0.4, -0.2) is 29.9 Å². The maximum Gasteiger partial charge on any atom is 0.251 e. The lowest BCUT2D eigenvalue weighted by molar-refractivity contribution is -0.120. The van der Waals surface area contributed by atoms with Gasteiger partial charge >= 0.3 is 0 Å². The Morgan fingerprint density at radius 3 is 2.64 bits per heavy atom. The Balaban J connectivity index is 1.45. The minimum Gasteiger partial charge on any atom is -0.361 e. The van der Waals surface area contributed by atoms with Crippen LogP contribution in [0.15, 0.2) is 54.7 Å². The number of rotatable bonds is 6. The number of hydrogen-bond acceptors (Lipinski definition) is 2. The molecule has 2 aromatic carbocycles. The van der Waals surface area contributed by atoms with E-state index in [1.54, 1.807) is 30.3 Å². The molecule has 0 aliphatic rings. The van der Waals surface area contributed by atoms with E-state index >= 15 is 0 Å². The van der Waals surface area contributed by atoms with Gasteiger partial charge in [-0.25, -0.2) is 4.39 Å². The van der Waals surface area contributed by atoms with E-state index in [-0.39, 0.29) is 24.2 Å². The average molecular weight is 339 g/mol. The van der Waals surface area contributed by atoms with Crippen LogP contribution in [-0.2, 0) is 11.2 Å². The highest BCUT2D eigenvalue weighted by Gasteiger charge is 2.08. The van der Waals surface area contributed by atoms with Gasteiger partial charge in [0.15, 0.2) is 0 Å². The lowest BCUT2D eigenvalue weighted by Crippen LogP contribution is -2.37. The summed E-state index contributed by atoms with van der Waals surface area (Å²) in [5.74, 6) is -0.826. The van der Waals surface area contributed by atoms with Gasteiger partial charge in [0.05, 0.1) is 6.54 Å². The monoisotopic (exact) mass is 339 g/mol. The molecule has 0 radical (unpaired) electrons. The van der Waals surface area contributed by atoms with E-state index in [1.165, 1.54) is 12.1 Å². The summed E-state index contributed by atoms with van der Waals surface area (Å²) in [6, 6.07) is 13.3. The molecule has 0 atom stereocenters. The summed E-state index contributed by atoms with van der Waals surface area (Å²) in [5, 5.41) is 6.28. The van der Waals surface area contributed by atoms with E-state index in [0.717, 1.165) is 16.5 Å². The average Bonchev–Trinajstić information content (AvgIpc) is 3.02. The first-order chi connectivity index (χ1) is 12.1. The zero-order valence-corrected chi connectivity index (χ0v) is 13.5. The summed E-state index contributed by atoms with van der Waals surface area (Å²) in [6.45, 7) is 0.358. The first-order valence-electron chi connectivity index (χ1n) is 7.99. The zero-order chi connectivity index (χ0) is 17.6. The first kappa shape index (κ1) is 16.7. The van der Waals surface area contributed by atoms with Crippen molar-refractivity contribution in [3.05, 3.63) is 71.7 Å². The van der Waals surface area contributed by atoms with Gasteiger partial charge in [-0.05, 0) is 42.3 Å². The number of amides is 2. The van der Waals surface area contributed by atoms with Crippen molar-refractivity contribution in [2.24, 2.45) is 0 Å². The summed E-state index contributed by atoms with van der Waals surface area (Å²) < 4.78 is 13.2. The van der Waals surface area contributed by atoms with Crippen LogP contribution in [0.2, 0.25) is 0 Å². The quantitative estimate of drug-likeness (QED) is 0.645. The van der Waals surface area contributed by atoms with Crippen LogP contribution in [0.3, 0.4) is 0 Å². The molecule has 5 nitrogen and oxygen atoms in total. The lowest BCUT2D eigenvalue weighted by Gasteiger charge is -2.07. The van der Waals surface area contributed by atoms with Gasteiger partial charge in [-0.15, -0.1) is 0 Å². The van der Waals surface area contributed by atoms with Crippen molar-refractivity contribution >= 4 is 22.7 Å². The van der Waals surface area contributed by atoms with Gasteiger partial charge in [0, 0.05) is 29.2 Å². The SMILES string of the molecule is O=C(CNC(=O)c1ccccc1)NCCc1c[nH]c2cc(F)ccc12. The minimum atomic E-state index is -0.289. The Labute approximate surface area is 144 Å². The van der Waals surface area contributed by atoms with E-state index < -0.39 is 0 Å². The third-order valence-corrected chi connectivity index (χ3v) is 3.89. The first-order valence-corrected chi connectivity index (χ1v) is 7.99. The third-order valence-electron chi connectivity index (χ3n) is 3.89. The Bertz CT molecular complexity index is 890. The molecule has 128 valence electrons. The van der Waals surface area contributed by atoms with Crippen molar-refractivity contribution in [1.29, 1.82) is 0 Å². The number of carbonyl (C=O) groups excluding carboxylic acids is 2. The van der Waals surface area contributed by atoms with Crippen molar-refractivity contribution in [1.82, 2.24) is 15.6 Å². The molecule has 0 aliphatic carbocycles. The van der Waals surface area contributed by atoms with Gasteiger partial charge in [0.25, 0.3) is 5.91 Å². The fourth-order valence-electron chi connectivity index (χ4n) is 2.62. The van der Waals surface area contributed by atoms with Crippen LogP contribution in [0.1, 0.15) is 15.9 Å². The number of carbonyl (C=O) groups is 2. The van der Waals surface area contributed by atoms with Crippen LogP contribution in [0.5, 0.6) is 0 Å². The number of nitrogens with one attached hydrogen (secondary N) is 3. The summed E-state index contributed by atoms with van der Waals surface area (Å²) in [7, 11) is 0. The highest BCUT2D eigenvalue weighted by molar-refractivity contribution is 5.96. The topological polar surface area (TPSA) is 74.0 Å². The number of hydrogen-bond donors (Lipinski definition) is 3. The van der Waals surface area contributed by atoms with Crippen LogP contribution in [0.25, 0.3) is 10.9 Å². The molecule has 1 heterocycles. The van der Waals surface area contributed by atoms with Crippen LogP contribution in [0.4, 0.5) is 4.39 Å². The van der Waals surface area contributed by atoms with E-state index in [0.29, 0.717) is 18.5 Å².